The van der Waals surface area contributed by atoms with Gasteiger partial charge < -0.3 is 16.2 Å². The van der Waals surface area contributed by atoms with Crippen molar-refractivity contribution in [1.82, 2.24) is 4.57 Å². The lowest BCUT2D eigenvalue weighted by Crippen LogP contribution is -2.22. The van der Waals surface area contributed by atoms with Gasteiger partial charge >= 0.3 is 6.03 Å². The van der Waals surface area contributed by atoms with Crippen LogP contribution in [0.4, 0.5) is 10.5 Å². The molecule has 1 aromatic heterocycles. The van der Waals surface area contributed by atoms with Gasteiger partial charge in [0.05, 0.1) is 17.5 Å². The van der Waals surface area contributed by atoms with E-state index in [1.807, 2.05) is 12.2 Å². The van der Waals surface area contributed by atoms with Crippen molar-refractivity contribution >= 4 is 17.8 Å². The van der Waals surface area contributed by atoms with Crippen molar-refractivity contribution in [1.29, 1.82) is 0 Å². The number of nitrogens with two attached hydrogens (primary N) is 2. The minimum absolute atomic E-state index is 0.0172. The highest BCUT2D eigenvalue weighted by Crippen LogP contribution is 2.27. The third-order valence-electron chi connectivity index (χ3n) is 2.60. The first-order valence-corrected chi connectivity index (χ1v) is 4.64. The second kappa shape index (κ2) is 3.43. The number of primary amides is 1. The molecule has 0 aliphatic heterocycles. The number of nitrogens with zero attached hydrogens (tertiary/aromatic N) is 1. The van der Waals surface area contributed by atoms with E-state index in [-0.39, 0.29) is 6.10 Å². The molecule has 0 fully saturated rings. The third-order valence-corrected chi connectivity index (χ3v) is 2.60. The molecule has 1 aliphatic carbocycles. The van der Waals surface area contributed by atoms with Crippen LogP contribution in [0.1, 0.15) is 11.3 Å². The highest BCUT2D eigenvalue weighted by molar-refractivity contribution is 5.82. The molecule has 0 aromatic carbocycles. The number of ether oxygens (including phenoxy) is 1. The fraction of sp³-hybridized carbons (Fsp3) is 0.300. The summed E-state index contributed by atoms with van der Waals surface area (Å²) >= 11 is 0. The predicted molar refractivity (Wildman–Crippen MR) is 57.4 cm³/mol. The Bertz CT molecular complexity index is 434. The van der Waals surface area contributed by atoms with Crippen molar-refractivity contribution in [2.45, 2.75) is 12.5 Å². The monoisotopic (exact) mass is 207 g/mol. The van der Waals surface area contributed by atoms with Crippen LogP contribution in [-0.4, -0.2) is 23.8 Å². The highest BCUT2D eigenvalue weighted by Gasteiger charge is 2.21. The van der Waals surface area contributed by atoms with Crippen LogP contribution >= 0.6 is 0 Å². The number of fused-ring (bicyclic) bond motifs is 1. The van der Waals surface area contributed by atoms with Crippen molar-refractivity contribution in [3.05, 3.63) is 23.5 Å². The fourth-order valence-electron chi connectivity index (χ4n) is 1.80. The zero-order valence-electron chi connectivity index (χ0n) is 8.43. The van der Waals surface area contributed by atoms with Gasteiger partial charge in [-0.1, -0.05) is 6.08 Å². The average molecular weight is 207 g/mol. The molecule has 5 nitrogen and oxygen atoms in total. The number of amides is 1. The molecule has 5 heteroatoms. The van der Waals surface area contributed by atoms with Crippen LogP contribution < -0.4 is 11.5 Å². The van der Waals surface area contributed by atoms with E-state index in [1.165, 1.54) is 4.57 Å². The largest absolute Gasteiger partial charge is 0.397 e. The summed E-state index contributed by atoms with van der Waals surface area (Å²) in [6, 6.07) is -0.525. The summed E-state index contributed by atoms with van der Waals surface area (Å²) in [5, 5.41) is 0. The van der Waals surface area contributed by atoms with E-state index in [2.05, 4.69) is 0 Å². The molecule has 4 N–H and O–H groups in total. The first-order chi connectivity index (χ1) is 7.13. The van der Waals surface area contributed by atoms with Gasteiger partial charge in [0.25, 0.3) is 0 Å². The lowest BCUT2D eigenvalue weighted by molar-refractivity contribution is 0.141. The highest BCUT2D eigenvalue weighted by atomic mass is 16.5. The number of anilines is 1. The Labute approximate surface area is 87.3 Å². The molecule has 2 rings (SSSR count). The number of methoxy groups -OCH3 is 1. The van der Waals surface area contributed by atoms with Crippen molar-refractivity contribution in [2.24, 2.45) is 5.73 Å². The van der Waals surface area contributed by atoms with Gasteiger partial charge in [-0.25, -0.2) is 4.79 Å². The Morgan fingerprint density at radius 3 is 3.00 bits per heavy atom. The number of aromatic nitrogens is 1. The number of nitrogen functional groups attached to an aromatic ring is 1. The molecule has 80 valence electrons. The molecule has 0 radical (unpaired) electrons. The zero-order chi connectivity index (χ0) is 11.0. The van der Waals surface area contributed by atoms with Gasteiger partial charge in [-0.3, -0.25) is 4.57 Å². The molecule has 0 saturated carbocycles. The molecule has 15 heavy (non-hydrogen) atoms. The summed E-state index contributed by atoms with van der Waals surface area (Å²) in [4.78, 5) is 11.1. The quantitative estimate of drug-likeness (QED) is 0.706. The van der Waals surface area contributed by atoms with Gasteiger partial charge in [0, 0.05) is 25.3 Å². The molecule has 0 spiro atoms. The number of carbonyl (C=O) groups excluding carboxylic acids is 1. The summed E-state index contributed by atoms with van der Waals surface area (Å²) in [6.07, 6.45) is 5.95. The minimum atomic E-state index is -0.525. The lowest BCUT2D eigenvalue weighted by Gasteiger charge is -2.16. The Morgan fingerprint density at radius 1 is 1.67 bits per heavy atom. The maximum Gasteiger partial charge on any atom is 0.323 e. The van der Waals surface area contributed by atoms with Gasteiger partial charge in [-0.2, -0.15) is 0 Å². The van der Waals surface area contributed by atoms with Crippen molar-refractivity contribution < 1.29 is 9.53 Å². The summed E-state index contributed by atoms with van der Waals surface area (Å²) in [5.41, 5.74) is 13.3. The molecule has 0 saturated heterocycles. The summed E-state index contributed by atoms with van der Waals surface area (Å²) in [5.74, 6) is 0. The molecule has 1 aliphatic rings. The van der Waals surface area contributed by atoms with E-state index in [0.717, 1.165) is 11.3 Å². The van der Waals surface area contributed by atoms with Gasteiger partial charge in [0.1, 0.15) is 0 Å². The average Bonchev–Trinajstić information content (AvgIpc) is 2.56. The van der Waals surface area contributed by atoms with E-state index in [0.29, 0.717) is 12.1 Å². The van der Waals surface area contributed by atoms with E-state index in [1.54, 1.807) is 13.3 Å². The van der Waals surface area contributed by atoms with E-state index >= 15 is 0 Å². The maximum atomic E-state index is 11.1. The molecule has 1 aromatic rings. The van der Waals surface area contributed by atoms with Gasteiger partial charge in [0.15, 0.2) is 0 Å². The van der Waals surface area contributed by atoms with Gasteiger partial charge in [-0.15, -0.1) is 0 Å². The molecule has 1 amide bonds. The number of hydrogen-bond acceptors (Lipinski definition) is 3. The van der Waals surface area contributed by atoms with Crippen LogP contribution in [0.5, 0.6) is 0 Å². The maximum absolute atomic E-state index is 11.1. The number of carbonyl (C=O) groups is 1. The Kier molecular flexibility index (Phi) is 2.24. The molecule has 1 heterocycles. The molecule has 0 bridgehead atoms. The minimum Gasteiger partial charge on any atom is -0.397 e. The second-order valence-corrected chi connectivity index (χ2v) is 3.49. The Balaban J connectivity index is 2.48. The first kappa shape index (κ1) is 9.79. The Morgan fingerprint density at radius 2 is 2.40 bits per heavy atom. The predicted octanol–water partition coefficient (Wildman–Crippen LogP) is 0.581. The van der Waals surface area contributed by atoms with Crippen molar-refractivity contribution in [2.75, 3.05) is 12.8 Å². The standard InChI is InChI=1S/C10H13N3O2/c1-15-6-2-3-9-7(4-6)8(11)5-13(9)10(12)14/h2-3,5-6H,4,11H2,1H3,(H2,12,14). The van der Waals surface area contributed by atoms with E-state index < -0.39 is 6.03 Å². The molecule has 1 unspecified atom stereocenters. The number of hydrogen-bond donors (Lipinski definition) is 2. The Hall–Kier alpha value is -1.75. The van der Waals surface area contributed by atoms with Crippen LogP contribution in [-0.2, 0) is 11.2 Å². The van der Waals surface area contributed by atoms with Crippen LogP contribution in [0.15, 0.2) is 12.3 Å². The van der Waals surface area contributed by atoms with Crippen LogP contribution in [0.2, 0.25) is 0 Å². The topological polar surface area (TPSA) is 83.3 Å². The summed E-state index contributed by atoms with van der Waals surface area (Å²) in [7, 11) is 1.64. The van der Waals surface area contributed by atoms with Crippen LogP contribution in [0.3, 0.4) is 0 Å². The summed E-state index contributed by atoms with van der Waals surface area (Å²) in [6.45, 7) is 0. The smallest absolute Gasteiger partial charge is 0.323 e. The molecular weight excluding hydrogens is 194 g/mol. The van der Waals surface area contributed by atoms with E-state index in [4.69, 9.17) is 16.2 Å². The normalized spacial score (nSPS) is 18.9. The fourth-order valence-corrected chi connectivity index (χ4v) is 1.80. The van der Waals surface area contributed by atoms with Crippen LogP contribution in [0, 0.1) is 0 Å². The second-order valence-electron chi connectivity index (χ2n) is 3.49. The lowest BCUT2D eigenvalue weighted by atomic mass is 10.0. The van der Waals surface area contributed by atoms with Crippen molar-refractivity contribution in [3.63, 3.8) is 0 Å². The zero-order valence-corrected chi connectivity index (χ0v) is 8.43. The van der Waals surface area contributed by atoms with E-state index in [9.17, 15) is 4.79 Å². The third kappa shape index (κ3) is 1.50. The SMILES string of the molecule is COC1C=Cc2c(c(N)cn2C(N)=O)C1. The first-order valence-electron chi connectivity index (χ1n) is 4.64. The van der Waals surface area contributed by atoms with Crippen LogP contribution in [0.25, 0.3) is 6.08 Å². The van der Waals surface area contributed by atoms with Crippen molar-refractivity contribution in [3.8, 4) is 0 Å². The van der Waals surface area contributed by atoms with Gasteiger partial charge in [-0.05, 0) is 6.08 Å². The number of rotatable bonds is 1. The summed E-state index contributed by atoms with van der Waals surface area (Å²) < 4.78 is 6.56. The molecule has 1 atom stereocenters. The van der Waals surface area contributed by atoms with Gasteiger partial charge in [0.2, 0.25) is 0 Å². The molecular formula is C10H13N3O2.